The van der Waals surface area contributed by atoms with E-state index >= 15 is 0 Å². The first-order chi connectivity index (χ1) is 13.4. The van der Waals surface area contributed by atoms with E-state index in [0.29, 0.717) is 16.6 Å². The van der Waals surface area contributed by atoms with E-state index in [0.717, 1.165) is 0 Å². The quantitative estimate of drug-likeness (QED) is 0.478. The molecule has 1 aromatic heterocycles. The van der Waals surface area contributed by atoms with Gasteiger partial charge in [-0.25, -0.2) is 14.8 Å². The average molecular weight is 386 g/mol. The number of carbonyl (C=O) groups is 1. The number of hydrogen-bond acceptors (Lipinski definition) is 8. The molecule has 9 nitrogen and oxygen atoms in total. The lowest BCUT2D eigenvalue weighted by molar-refractivity contribution is -0.267. The molecule has 0 amide bonds. The van der Waals surface area contributed by atoms with E-state index in [2.05, 4.69) is 9.97 Å². The van der Waals surface area contributed by atoms with E-state index in [1.54, 1.807) is 37.3 Å². The number of carboxylic acid groups (broad SMARTS) is 1. The summed E-state index contributed by atoms with van der Waals surface area (Å²) < 4.78 is 11.2. The Hall–Kier alpha value is -2.85. The summed E-state index contributed by atoms with van der Waals surface area (Å²) in [7, 11) is 0. The van der Waals surface area contributed by atoms with Crippen molar-refractivity contribution in [2.75, 3.05) is 0 Å². The average Bonchev–Trinajstić information content (AvgIpc) is 2.68. The summed E-state index contributed by atoms with van der Waals surface area (Å²) in [5, 5.41) is 39.3. The SMILES string of the molecule is C[C@@H]1O[C@@H](Oc2cccc3nc4c(C(=O)O)cccc4nc23)[C@H](O)[C@H](O)[C@H]1O. The Balaban J connectivity index is 1.77. The van der Waals surface area contributed by atoms with Crippen molar-refractivity contribution in [1.82, 2.24) is 9.97 Å². The van der Waals surface area contributed by atoms with Gasteiger partial charge in [-0.05, 0) is 31.2 Å². The number of aromatic carboxylic acids is 1. The maximum absolute atomic E-state index is 11.4. The molecule has 2 heterocycles. The first-order valence-electron chi connectivity index (χ1n) is 8.66. The highest BCUT2D eigenvalue weighted by Gasteiger charge is 2.43. The topological polar surface area (TPSA) is 142 Å². The van der Waals surface area contributed by atoms with Crippen LogP contribution in [0.5, 0.6) is 5.75 Å². The molecule has 0 bridgehead atoms. The van der Waals surface area contributed by atoms with E-state index in [4.69, 9.17) is 9.47 Å². The molecule has 0 saturated carbocycles. The van der Waals surface area contributed by atoms with E-state index in [-0.39, 0.29) is 16.8 Å². The molecule has 3 aromatic rings. The fourth-order valence-electron chi connectivity index (χ4n) is 3.20. The third-order valence-electron chi connectivity index (χ3n) is 4.74. The number of fused-ring (bicyclic) bond motifs is 2. The molecule has 1 saturated heterocycles. The molecule has 4 rings (SSSR count). The molecule has 5 atom stereocenters. The van der Waals surface area contributed by atoms with Gasteiger partial charge in [-0.2, -0.15) is 0 Å². The van der Waals surface area contributed by atoms with Gasteiger partial charge in [0.15, 0.2) is 5.75 Å². The molecule has 1 fully saturated rings. The van der Waals surface area contributed by atoms with Crippen LogP contribution in [-0.2, 0) is 4.74 Å². The third-order valence-corrected chi connectivity index (χ3v) is 4.74. The minimum atomic E-state index is -1.46. The van der Waals surface area contributed by atoms with Crippen molar-refractivity contribution < 1.29 is 34.7 Å². The van der Waals surface area contributed by atoms with Gasteiger partial charge in [-0.1, -0.05) is 12.1 Å². The van der Waals surface area contributed by atoms with Crippen LogP contribution < -0.4 is 4.74 Å². The van der Waals surface area contributed by atoms with Gasteiger partial charge in [-0.15, -0.1) is 0 Å². The monoisotopic (exact) mass is 386 g/mol. The molecule has 0 unspecified atom stereocenters. The Morgan fingerprint density at radius 1 is 0.964 bits per heavy atom. The number of para-hydroxylation sites is 2. The molecular formula is C19H18N2O7. The van der Waals surface area contributed by atoms with E-state index < -0.39 is 36.7 Å². The summed E-state index contributed by atoms with van der Waals surface area (Å²) in [6.45, 7) is 1.56. The van der Waals surface area contributed by atoms with Crippen LogP contribution in [0.25, 0.3) is 22.1 Å². The lowest BCUT2D eigenvalue weighted by Gasteiger charge is -2.38. The van der Waals surface area contributed by atoms with Crippen molar-refractivity contribution >= 4 is 28.0 Å². The second kappa shape index (κ2) is 6.95. The molecule has 2 aromatic carbocycles. The number of aliphatic hydroxyl groups is 3. The Morgan fingerprint density at radius 2 is 1.61 bits per heavy atom. The summed E-state index contributed by atoms with van der Waals surface area (Å²) in [6.07, 6.45) is -6.09. The van der Waals surface area contributed by atoms with Crippen LogP contribution in [0.15, 0.2) is 36.4 Å². The van der Waals surface area contributed by atoms with E-state index in [1.807, 2.05) is 0 Å². The van der Waals surface area contributed by atoms with Gasteiger partial charge in [0, 0.05) is 0 Å². The highest BCUT2D eigenvalue weighted by atomic mass is 16.7. The van der Waals surface area contributed by atoms with Gasteiger partial charge in [0.2, 0.25) is 6.29 Å². The van der Waals surface area contributed by atoms with Crippen LogP contribution in [0, 0.1) is 0 Å². The molecule has 9 heteroatoms. The van der Waals surface area contributed by atoms with Crippen molar-refractivity contribution in [3.05, 3.63) is 42.0 Å². The number of carboxylic acids is 1. The number of ether oxygens (including phenoxy) is 2. The fourth-order valence-corrected chi connectivity index (χ4v) is 3.20. The molecule has 0 aliphatic carbocycles. The zero-order valence-corrected chi connectivity index (χ0v) is 14.8. The number of nitrogens with zero attached hydrogens (tertiary/aromatic N) is 2. The van der Waals surface area contributed by atoms with Gasteiger partial charge in [0.05, 0.1) is 22.7 Å². The van der Waals surface area contributed by atoms with Crippen LogP contribution in [-0.4, -0.2) is 67.1 Å². The van der Waals surface area contributed by atoms with Gasteiger partial charge < -0.3 is 29.9 Å². The standard InChI is InChI=1S/C19H18N2O7/c1-8-15(22)16(23)17(24)19(27-8)28-12-7-3-6-11-14(12)21-10-5-2-4-9(18(25)26)13(10)20-11/h2-8,15-17,19,22-24H,1H3,(H,25,26)/t8-,15-,16+,17+,19-/m0/s1. The lowest BCUT2D eigenvalue weighted by Crippen LogP contribution is -2.58. The number of aliphatic hydroxyl groups excluding tert-OH is 3. The smallest absolute Gasteiger partial charge is 0.337 e. The Kier molecular flexibility index (Phi) is 4.60. The van der Waals surface area contributed by atoms with Gasteiger partial charge in [-0.3, -0.25) is 0 Å². The maximum Gasteiger partial charge on any atom is 0.337 e. The maximum atomic E-state index is 11.4. The van der Waals surface area contributed by atoms with Gasteiger partial charge in [0.1, 0.15) is 29.3 Å². The Bertz CT molecular complexity index is 1060. The number of benzene rings is 2. The summed E-state index contributed by atoms with van der Waals surface area (Å²) in [6, 6.07) is 9.56. The van der Waals surface area contributed by atoms with Crippen molar-refractivity contribution in [2.45, 2.75) is 37.6 Å². The van der Waals surface area contributed by atoms with Crippen LogP contribution in [0.1, 0.15) is 17.3 Å². The highest BCUT2D eigenvalue weighted by molar-refractivity contribution is 6.03. The van der Waals surface area contributed by atoms with Crippen LogP contribution in [0.3, 0.4) is 0 Å². The summed E-state index contributed by atoms with van der Waals surface area (Å²) in [5.74, 6) is -0.862. The lowest BCUT2D eigenvalue weighted by atomic mass is 10.00. The van der Waals surface area contributed by atoms with Crippen molar-refractivity contribution in [3.63, 3.8) is 0 Å². The molecule has 1 aliphatic heterocycles. The second-order valence-electron chi connectivity index (χ2n) is 6.63. The molecule has 0 radical (unpaired) electrons. The summed E-state index contributed by atoms with van der Waals surface area (Å²) in [4.78, 5) is 20.3. The predicted octanol–water partition coefficient (Wildman–Crippen LogP) is 0.687. The Labute approximate surface area is 158 Å². The fraction of sp³-hybridized carbons (Fsp3) is 0.316. The normalized spacial score (nSPS) is 27.8. The molecule has 28 heavy (non-hydrogen) atoms. The summed E-state index contributed by atoms with van der Waals surface area (Å²) in [5.41, 5.74) is 1.41. The first kappa shape index (κ1) is 18.5. The van der Waals surface area contributed by atoms with Crippen molar-refractivity contribution in [1.29, 1.82) is 0 Å². The molecule has 4 N–H and O–H groups in total. The predicted molar refractivity (Wildman–Crippen MR) is 97.0 cm³/mol. The minimum Gasteiger partial charge on any atom is -0.478 e. The molecule has 146 valence electrons. The van der Waals surface area contributed by atoms with E-state index in [1.165, 1.54) is 6.07 Å². The number of hydrogen-bond donors (Lipinski definition) is 4. The molecular weight excluding hydrogens is 368 g/mol. The van der Waals surface area contributed by atoms with E-state index in [9.17, 15) is 25.2 Å². The summed E-state index contributed by atoms with van der Waals surface area (Å²) >= 11 is 0. The van der Waals surface area contributed by atoms with Crippen molar-refractivity contribution in [2.24, 2.45) is 0 Å². The number of aromatic nitrogens is 2. The van der Waals surface area contributed by atoms with Crippen LogP contribution >= 0.6 is 0 Å². The van der Waals surface area contributed by atoms with Crippen molar-refractivity contribution in [3.8, 4) is 5.75 Å². The number of rotatable bonds is 3. The van der Waals surface area contributed by atoms with Gasteiger partial charge in [0.25, 0.3) is 0 Å². The zero-order chi connectivity index (χ0) is 20.0. The highest BCUT2D eigenvalue weighted by Crippen LogP contribution is 2.30. The zero-order valence-electron chi connectivity index (χ0n) is 14.8. The molecule has 1 aliphatic rings. The van der Waals surface area contributed by atoms with Crippen LogP contribution in [0.4, 0.5) is 0 Å². The second-order valence-corrected chi connectivity index (χ2v) is 6.63. The Morgan fingerprint density at radius 3 is 2.32 bits per heavy atom. The first-order valence-corrected chi connectivity index (χ1v) is 8.66. The third kappa shape index (κ3) is 3.04. The minimum absolute atomic E-state index is 0.0372. The molecule has 0 spiro atoms. The van der Waals surface area contributed by atoms with Gasteiger partial charge >= 0.3 is 5.97 Å². The largest absolute Gasteiger partial charge is 0.478 e. The van der Waals surface area contributed by atoms with Crippen LogP contribution in [0.2, 0.25) is 0 Å².